The van der Waals surface area contributed by atoms with Gasteiger partial charge in [0.05, 0.1) is 11.3 Å². The fraction of sp³-hybridized carbons (Fsp3) is 0.381. The number of morpholine rings is 1. The standard InChI is InChI=1S/C21H29B8F3N4O2/c1-9-6-15(36-18(22,23)20(26,27)38-21(28,29)19(36,24)25)34-35-14(13(8-37)33-16(9)35)7-11-4-3-5-12(10(11)2)17(30,31)32/h3-6,8H,7,22-29H2,1-2H3. The van der Waals surface area contributed by atoms with Crippen LogP contribution >= 0.6 is 0 Å². The largest absolute Gasteiger partial charge is 0.416 e. The van der Waals surface area contributed by atoms with Gasteiger partial charge >= 0.3 is 6.18 Å². The van der Waals surface area contributed by atoms with Crippen LogP contribution in [0.25, 0.3) is 5.65 Å². The van der Waals surface area contributed by atoms with Gasteiger partial charge in [0.2, 0.25) is 0 Å². The zero-order chi connectivity index (χ0) is 28.6. The normalized spacial score (nSPS) is 19.9. The van der Waals surface area contributed by atoms with Crippen molar-refractivity contribution in [3.63, 3.8) is 0 Å². The maximum Gasteiger partial charge on any atom is 0.416 e. The van der Waals surface area contributed by atoms with E-state index in [-0.39, 0.29) is 17.7 Å². The van der Waals surface area contributed by atoms with Crippen LogP contribution in [-0.2, 0) is 17.3 Å². The topological polar surface area (TPSA) is 59.7 Å². The number of hydrogen-bond donors (Lipinski definition) is 0. The second kappa shape index (κ2) is 8.80. The molecule has 0 aliphatic carbocycles. The van der Waals surface area contributed by atoms with E-state index in [0.29, 0.717) is 29.0 Å². The van der Waals surface area contributed by atoms with Gasteiger partial charge in [-0.15, -0.1) is 5.10 Å². The number of carbonyl (C=O) groups excluding carboxylic acids is 1. The van der Waals surface area contributed by atoms with Gasteiger partial charge in [-0.2, -0.15) is 13.2 Å². The lowest BCUT2D eigenvalue weighted by atomic mass is 9.30. The summed E-state index contributed by atoms with van der Waals surface area (Å²) in [5.74, 6) is 0.673. The Labute approximate surface area is 228 Å². The SMILES string of the molecule is BC1(B)OC(B)(B)C(B)(B)N(c2cc(C)c3nc(C=O)c(Cc4cccc(C(F)(F)F)c4C)n3n2)C1(B)B. The number of anilines is 1. The molecule has 3 heterocycles. The van der Waals surface area contributed by atoms with Crippen molar-refractivity contribution in [2.45, 2.75) is 47.9 Å². The van der Waals surface area contributed by atoms with E-state index >= 15 is 0 Å². The molecule has 0 atom stereocenters. The lowest BCUT2D eigenvalue weighted by molar-refractivity contribution is -0.138. The highest BCUT2D eigenvalue weighted by Crippen LogP contribution is 2.42. The summed E-state index contributed by atoms with van der Waals surface area (Å²) in [4.78, 5) is 18.8. The molecule has 0 bridgehead atoms. The Morgan fingerprint density at radius 3 is 2.11 bits per heavy atom. The third-order valence-corrected chi connectivity index (χ3v) is 8.90. The summed E-state index contributed by atoms with van der Waals surface area (Å²) < 4.78 is 49.0. The van der Waals surface area contributed by atoms with Crippen molar-refractivity contribution < 1.29 is 22.7 Å². The van der Waals surface area contributed by atoms with E-state index in [1.54, 1.807) is 10.6 Å². The summed E-state index contributed by atoms with van der Waals surface area (Å²) in [7, 11) is 16.7. The van der Waals surface area contributed by atoms with Gasteiger partial charge in [0.15, 0.2) is 11.9 Å². The van der Waals surface area contributed by atoms with E-state index in [2.05, 4.69) is 72.7 Å². The average molecular weight is 513 g/mol. The molecule has 0 spiro atoms. The van der Waals surface area contributed by atoms with Crippen LogP contribution in [0.4, 0.5) is 19.0 Å². The Balaban J connectivity index is 1.95. The second-order valence-corrected chi connectivity index (χ2v) is 12.3. The summed E-state index contributed by atoms with van der Waals surface area (Å²) in [6.07, 6.45) is -3.75. The van der Waals surface area contributed by atoms with Crippen LogP contribution in [0.2, 0.25) is 0 Å². The highest BCUT2D eigenvalue weighted by Gasteiger charge is 2.59. The van der Waals surface area contributed by atoms with Gasteiger partial charge in [0, 0.05) is 17.2 Å². The van der Waals surface area contributed by atoms with Crippen LogP contribution < -0.4 is 4.90 Å². The second-order valence-electron chi connectivity index (χ2n) is 12.3. The first-order valence-electron chi connectivity index (χ1n) is 12.8. The number of imidazole rings is 1. The summed E-state index contributed by atoms with van der Waals surface area (Å²) in [6.45, 7) is 3.35. The molecule has 1 fully saturated rings. The lowest BCUT2D eigenvalue weighted by Crippen LogP contribution is -2.86. The quantitative estimate of drug-likeness (QED) is 0.260. The molecular weight excluding hydrogens is 484 g/mol. The Morgan fingerprint density at radius 1 is 1.00 bits per heavy atom. The Kier molecular flexibility index (Phi) is 6.62. The zero-order valence-electron chi connectivity index (χ0n) is 23.8. The Hall–Kier alpha value is -2.42. The molecule has 1 aliphatic heterocycles. The van der Waals surface area contributed by atoms with Crippen LogP contribution in [0.1, 0.15) is 38.4 Å². The number of alkyl halides is 3. The van der Waals surface area contributed by atoms with Crippen molar-refractivity contribution >= 4 is 80.5 Å². The zero-order valence-corrected chi connectivity index (χ0v) is 23.8. The molecule has 190 valence electrons. The van der Waals surface area contributed by atoms with Crippen LogP contribution in [-0.4, -0.2) is 105 Å². The van der Waals surface area contributed by atoms with E-state index in [1.807, 2.05) is 13.0 Å². The monoisotopic (exact) mass is 514 g/mol. The minimum atomic E-state index is -4.47. The van der Waals surface area contributed by atoms with Gasteiger partial charge in [-0.1, -0.05) is 12.1 Å². The molecule has 1 aliphatic rings. The number of nitrogens with zero attached hydrogens (tertiary/aromatic N) is 4. The van der Waals surface area contributed by atoms with Gasteiger partial charge in [0.25, 0.3) is 0 Å². The Bertz CT molecular complexity index is 1420. The number of halogens is 3. The third kappa shape index (κ3) is 4.25. The molecule has 38 heavy (non-hydrogen) atoms. The first-order valence-corrected chi connectivity index (χ1v) is 12.8. The maximum absolute atomic E-state index is 13.6. The molecular formula is C21H29B8F3N4O2. The smallest absolute Gasteiger partial charge is 0.402 e. The Morgan fingerprint density at radius 2 is 1.58 bits per heavy atom. The summed E-state index contributed by atoms with van der Waals surface area (Å²) in [5.41, 5.74) is 1.81. The fourth-order valence-electron chi connectivity index (χ4n) is 5.64. The van der Waals surface area contributed by atoms with E-state index in [0.717, 1.165) is 11.6 Å². The molecule has 1 saturated heterocycles. The predicted molar refractivity (Wildman–Crippen MR) is 165 cm³/mol. The molecule has 4 rings (SSSR count). The van der Waals surface area contributed by atoms with Crippen LogP contribution in [0, 0.1) is 13.8 Å². The third-order valence-electron chi connectivity index (χ3n) is 8.90. The number of aldehydes is 1. The van der Waals surface area contributed by atoms with Gasteiger partial charge in [-0.25, -0.2) is 9.50 Å². The first-order chi connectivity index (χ1) is 17.3. The lowest BCUT2D eigenvalue weighted by Gasteiger charge is -2.69. The molecule has 1 aromatic carbocycles. The van der Waals surface area contributed by atoms with Crippen molar-refractivity contribution in [1.29, 1.82) is 0 Å². The minimum Gasteiger partial charge on any atom is -0.402 e. The number of aryl methyl sites for hydroxylation is 1. The van der Waals surface area contributed by atoms with Crippen molar-refractivity contribution in [2.75, 3.05) is 4.90 Å². The summed E-state index contributed by atoms with van der Waals surface area (Å²) >= 11 is 0. The van der Waals surface area contributed by atoms with Gasteiger partial charge < -0.3 is 9.64 Å². The number of benzene rings is 1. The highest BCUT2D eigenvalue weighted by molar-refractivity contribution is 6.61. The van der Waals surface area contributed by atoms with Gasteiger partial charge in [-0.3, -0.25) is 4.79 Å². The van der Waals surface area contributed by atoms with E-state index < -0.39 is 33.2 Å². The van der Waals surface area contributed by atoms with E-state index in [4.69, 9.17) is 9.84 Å². The molecule has 3 aromatic rings. The van der Waals surface area contributed by atoms with Crippen LogP contribution in [0.15, 0.2) is 24.3 Å². The van der Waals surface area contributed by atoms with Crippen molar-refractivity contribution in [3.8, 4) is 0 Å². The van der Waals surface area contributed by atoms with Crippen LogP contribution in [0.5, 0.6) is 0 Å². The van der Waals surface area contributed by atoms with Gasteiger partial charge in [0.1, 0.15) is 74.3 Å². The summed E-state index contributed by atoms with van der Waals surface area (Å²) in [5, 5.41) is 2.91. The maximum atomic E-state index is 13.6. The van der Waals surface area contributed by atoms with Crippen LogP contribution in [0.3, 0.4) is 0 Å². The molecule has 0 radical (unpaired) electrons. The minimum absolute atomic E-state index is 0.0772. The van der Waals surface area contributed by atoms with Gasteiger partial charge in [-0.05, 0) is 53.3 Å². The molecule has 0 saturated carbocycles. The summed E-state index contributed by atoms with van der Waals surface area (Å²) in [6, 6.07) is 6.06. The number of ether oxygens (including phenoxy) is 1. The number of hydrogen-bond acceptors (Lipinski definition) is 5. The molecule has 0 amide bonds. The van der Waals surface area contributed by atoms with Crippen molar-refractivity contribution in [3.05, 3.63) is 57.9 Å². The average Bonchev–Trinajstić information content (AvgIpc) is 3.10. The first kappa shape index (κ1) is 28.6. The van der Waals surface area contributed by atoms with Crippen molar-refractivity contribution in [2.24, 2.45) is 0 Å². The fourth-order valence-corrected chi connectivity index (χ4v) is 5.64. The molecule has 17 heteroatoms. The number of aromatic nitrogens is 3. The predicted octanol–water partition coefficient (Wildman–Crippen LogP) is -4.72. The molecule has 6 nitrogen and oxygen atoms in total. The highest BCUT2D eigenvalue weighted by atomic mass is 19.4. The number of fused-ring (bicyclic) bond motifs is 1. The molecule has 0 N–H and O–H groups in total. The number of rotatable bonds is 4. The van der Waals surface area contributed by atoms with E-state index in [1.165, 1.54) is 13.0 Å². The molecule has 2 aromatic heterocycles. The number of carbonyl (C=O) groups is 1. The molecule has 0 unspecified atom stereocenters. The van der Waals surface area contributed by atoms with E-state index in [9.17, 15) is 18.0 Å². The van der Waals surface area contributed by atoms with Crippen molar-refractivity contribution in [1.82, 2.24) is 14.6 Å².